The highest BCUT2D eigenvalue weighted by Crippen LogP contribution is 2.29. The third-order valence-corrected chi connectivity index (χ3v) is 5.09. The molecule has 0 aliphatic rings. The molecule has 0 spiro atoms. The molecule has 4 rings (SSSR count). The number of amides is 1. The topological polar surface area (TPSA) is 79.3 Å². The average molecular weight is 417 g/mol. The van der Waals surface area contributed by atoms with E-state index in [1.165, 1.54) is 6.07 Å². The van der Waals surface area contributed by atoms with Gasteiger partial charge in [-0.2, -0.15) is 0 Å². The molecule has 0 radical (unpaired) electrons. The number of aromatic carboxylic acids is 1. The van der Waals surface area contributed by atoms with Gasteiger partial charge in [0, 0.05) is 33.9 Å². The number of benzene rings is 3. The molecule has 30 heavy (non-hydrogen) atoms. The molecule has 0 aliphatic carbocycles. The van der Waals surface area contributed by atoms with Crippen LogP contribution < -0.4 is 5.32 Å². The number of pyridine rings is 1. The van der Waals surface area contributed by atoms with Crippen LogP contribution in [0.5, 0.6) is 0 Å². The first-order valence-corrected chi connectivity index (χ1v) is 9.60. The molecule has 0 unspecified atom stereocenters. The van der Waals surface area contributed by atoms with Gasteiger partial charge in [-0.25, -0.2) is 4.79 Å². The molecule has 0 atom stereocenters. The maximum atomic E-state index is 12.9. The van der Waals surface area contributed by atoms with E-state index in [1.54, 1.807) is 43.6 Å². The van der Waals surface area contributed by atoms with Gasteiger partial charge >= 0.3 is 5.97 Å². The average Bonchev–Trinajstić information content (AvgIpc) is 2.75. The predicted molar refractivity (Wildman–Crippen MR) is 118 cm³/mol. The fraction of sp³-hybridized carbons (Fsp3) is 0.0417. The molecule has 0 saturated carbocycles. The van der Waals surface area contributed by atoms with Crippen molar-refractivity contribution < 1.29 is 14.7 Å². The van der Waals surface area contributed by atoms with Crippen molar-refractivity contribution >= 4 is 39.9 Å². The van der Waals surface area contributed by atoms with Gasteiger partial charge in [-0.3, -0.25) is 9.78 Å². The summed E-state index contributed by atoms with van der Waals surface area (Å²) >= 11 is 5.97. The molecule has 6 heteroatoms. The molecule has 4 aromatic rings. The van der Waals surface area contributed by atoms with Crippen LogP contribution in [0.2, 0.25) is 5.02 Å². The fourth-order valence-corrected chi connectivity index (χ4v) is 3.71. The van der Waals surface area contributed by atoms with Gasteiger partial charge in [0.25, 0.3) is 5.91 Å². The molecule has 1 heterocycles. The van der Waals surface area contributed by atoms with Crippen LogP contribution in [0.4, 0.5) is 5.69 Å². The van der Waals surface area contributed by atoms with Gasteiger partial charge in [-0.1, -0.05) is 48.0 Å². The van der Waals surface area contributed by atoms with E-state index in [9.17, 15) is 14.7 Å². The summed E-state index contributed by atoms with van der Waals surface area (Å²) in [5, 5.41) is 14.5. The van der Waals surface area contributed by atoms with Crippen LogP contribution >= 0.6 is 11.6 Å². The Morgan fingerprint density at radius 1 is 1.00 bits per heavy atom. The van der Waals surface area contributed by atoms with Crippen LogP contribution in [-0.4, -0.2) is 22.0 Å². The Morgan fingerprint density at radius 2 is 1.80 bits per heavy atom. The molecular weight excluding hydrogens is 400 g/mol. The molecule has 0 aliphatic heterocycles. The Labute approximate surface area is 178 Å². The number of fused-ring (bicyclic) bond motifs is 1. The van der Waals surface area contributed by atoms with Gasteiger partial charge in [0.1, 0.15) is 0 Å². The summed E-state index contributed by atoms with van der Waals surface area (Å²) in [7, 11) is 0. The number of carbonyl (C=O) groups excluding carboxylic acids is 1. The lowest BCUT2D eigenvalue weighted by Gasteiger charge is -2.13. The zero-order chi connectivity index (χ0) is 21.3. The van der Waals surface area contributed by atoms with E-state index in [-0.39, 0.29) is 11.3 Å². The molecule has 1 aromatic heterocycles. The molecule has 0 fully saturated rings. The monoisotopic (exact) mass is 416 g/mol. The maximum Gasteiger partial charge on any atom is 0.337 e. The maximum absolute atomic E-state index is 12.9. The zero-order valence-electron chi connectivity index (χ0n) is 16.0. The van der Waals surface area contributed by atoms with Gasteiger partial charge in [0.05, 0.1) is 11.3 Å². The quantitative estimate of drug-likeness (QED) is 0.439. The molecule has 0 saturated heterocycles. The lowest BCUT2D eigenvalue weighted by Crippen LogP contribution is -2.16. The summed E-state index contributed by atoms with van der Waals surface area (Å²) in [6, 6.07) is 18.0. The van der Waals surface area contributed by atoms with Crippen LogP contribution in [0.25, 0.3) is 21.9 Å². The number of nitrogens with one attached hydrogen (secondary N) is 1. The number of carboxylic acid groups (broad SMARTS) is 1. The smallest absolute Gasteiger partial charge is 0.337 e. The minimum absolute atomic E-state index is 0.0530. The molecule has 3 aromatic carbocycles. The molecule has 5 nitrogen and oxygen atoms in total. The summed E-state index contributed by atoms with van der Waals surface area (Å²) in [6.07, 6.45) is 3.57. The van der Waals surface area contributed by atoms with Gasteiger partial charge in [0.15, 0.2) is 0 Å². The van der Waals surface area contributed by atoms with E-state index in [0.29, 0.717) is 16.1 Å². The number of aromatic nitrogens is 1. The largest absolute Gasteiger partial charge is 0.478 e. The standard InChI is InChI=1S/C24H17ClN2O3/c1-14-9-18(25)11-20(24(29)30)22(14)27-23(28)16-7-4-6-15(10-16)21-13-26-12-17-5-2-3-8-19(17)21/h2-13H,1H3,(H,27,28)(H,29,30). The van der Waals surface area contributed by atoms with Gasteiger partial charge in [0.2, 0.25) is 0 Å². The van der Waals surface area contributed by atoms with Crippen molar-refractivity contribution in [2.75, 3.05) is 5.32 Å². The van der Waals surface area contributed by atoms with Crippen LogP contribution in [-0.2, 0) is 0 Å². The third-order valence-electron chi connectivity index (χ3n) is 4.87. The van der Waals surface area contributed by atoms with E-state index >= 15 is 0 Å². The Kier molecular flexibility index (Phi) is 5.21. The highest BCUT2D eigenvalue weighted by molar-refractivity contribution is 6.31. The summed E-state index contributed by atoms with van der Waals surface area (Å²) in [5.74, 6) is -1.57. The lowest BCUT2D eigenvalue weighted by molar-refractivity contribution is 0.0698. The predicted octanol–water partition coefficient (Wildman–Crippen LogP) is 5.81. The number of rotatable bonds is 4. The van der Waals surface area contributed by atoms with Crippen LogP contribution in [0.1, 0.15) is 26.3 Å². The van der Waals surface area contributed by atoms with Crippen molar-refractivity contribution in [3.63, 3.8) is 0 Å². The molecule has 1 amide bonds. The van der Waals surface area contributed by atoms with Crippen molar-refractivity contribution in [2.45, 2.75) is 6.92 Å². The van der Waals surface area contributed by atoms with E-state index in [0.717, 1.165) is 21.9 Å². The van der Waals surface area contributed by atoms with Crippen molar-refractivity contribution in [2.24, 2.45) is 0 Å². The summed E-state index contributed by atoms with van der Waals surface area (Å²) < 4.78 is 0. The first-order valence-electron chi connectivity index (χ1n) is 9.22. The molecule has 0 bridgehead atoms. The van der Waals surface area contributed by atoms with E-state index in [2.05, 4.69) is 10.3 Å². The van der Waals surface area contributed by atoms with E-state index in [1.807, 2.05) is 30.3 Å². The van der Waals surface area contributed by atoms with Gasteiger partial charge in [-0.05, 0) is 47.7 Å². The van der Waals surface area contributed by atoms with Crippen molar-refractivity contribution in [1.29, 1.82) is 0 Å². The van der Waals surface area contributed by atoms with Crippen LogP contribution in [0.15, 0.2) is 73.1 Å². The summed E-state index contributed by atoms with van der Waals surface area (Å²) in [5.41, 5.74) is 2.92. The number of halogens is 1. The molecule has 2 N–H and O–H groups in total. The van der Waals surface area contributed by atoms with Crippen LogP contribution in [0, 0.1) is 6.92 Å². The Hall–Kier alpha value is -3.70. The highest BCUT2D eigenvalue weighted by atomic mass is 35.5. The number of aryl methyl sites for hydroxylation is 1. The second kappa shape index (κ2) is 7.97. The Morgan fingerprint density at radius 3 is 2.60 bits per heavy atom. The Balaban J connectivity index is 1.72. The van der Waals surface area contributed by atoms with Crippen molar-refractivity contribution in [3.8, 4) is 11.1 Å². The number of nitrogens with zero attached hydrogens (tertiary/aromatic N) is 1. The molecule has 148 valence electrons. The number of anilines is 1. The lowest BCUT2D eigenvalue weighted by atomic mass is 9.99. The van der Waals surface area contributed by atoms with Gasteiger partial charge < -0.3 is 10.4 Å². The fourth-order valence-electron chi connectivity index (χ4n) is 3.44. The van der Waals surface area contributed by atoms with Crippen LogP contribution in [0.3, 0.4) is 0 Å². The van der Waals surface area contributed by atoms with Crippen molar-refractivity contribution in [3.05, 3.63) is 94.8 Å². The zero-order valence-corrected chi connectivity index (χ0v) is 16.8. The minimum atomic E-state index is -1.16. The second-order valence-electron chi connectivity index (χ2n) is 6.89. The van der Waals surface area contributed by atoms with Gasteiger partial charge in [-0.15, -0.1) is 0 Å². The number of carbonyl (C=O) groups is 2. The number of hydrogen-bond acceptors (Lipinski definition) is 3. The highest BCUT2D eigenvalue weighted by Gasteiger charge is 2.17. The number of carboxylic acids is 1. The number of hydrogen-bond donors (Lipinski definition) is 2. The normalized spacial score (nSPS) is 10.7. The summed E-state index contributed by atoms with van der Waals surface area (Å²) in [6.45, 7) is 1.70. The SMILES string of the molecule is Cc1cc(Cl)cc(C(=O)O)c1NC(=O)c1cccc(-c2cncc3ccccc23)c1. The van der Waals surface area contributed by atoms with E-state index in [4.69, 9.17) is 11.6 Å². The second-order valence-corrected chi connectivity index (χ2v) is 7.33. The first kappa shape index (κ1) is 19.6. The van der Waals surface area contributed by atoms with E-state index < -0.39 is 11.9 Å². The Bertz CT molecular complexity index is 1300. The minimum Gasteiger partial charge on any atom is -0.478 e. The summed E-state index contributed by atoms with van der Waals surface area (Å²) in [4.78, 5) is 28.8. The molecular formula is C24H17ClN2O3. The third kappa shape index (κ3) is 3.75. The van der Waals surface area contributed by atoms with Crippen molar-refractivity contribution in [1.82, 2.24) is 4.98 Å². The first-order chi connectivity index (χ1) is 14.4.